The Morgan fingerprint density at radius 3 is 2.81 bits per heavy atom. The van der Waals surface area contributed by atoms with Crippen molar-refractivity contribution >= 4 is 16.8 Å². The molecule has 0 amide bonds. The number of carbonyl (C=O) groups is 1. The highest BCUT2D eigenvalue weighted by Gasteiger charge is 2.32. The van der Waals surface area contributed by atoms with Crippen molar-refractivity contribution in [2.75, 3.05) is 14.2 Å². The van der Waals surface area contributed by atoms with Crippen molar-refractivity contribution in [3.8, 4) is 11.1 Å². The molecule has 1 aliphatic carbocycles. The second-order valence-corrected chi connectivity index (χ2v) is 6.34. The lowest BCUT2D eigenvalue weighted by atomic mass is 9.92. The maximum Gasteiger partial charge on any atom is 0.191 e. The molecular formula is C21H19N3O3. The largest absolute Gasteiger partial charge is 0.349 e. The molecule has 6 heteroatoms. The van der Waals surface area contributed by atoms with Crippen LogP contribution in [0.5, 0.6) is 0 Å². The number of fused-ring (bicyclic) bond motifs is 1. The van der Waals surface area contributed by atoms with E-state index in [1.807, 2.05) is 18.2 Å². The summed E-state index contributed by atoms with van der Waals surface area (Å²) >= 11 is 0. The molecule has 0 saturated carbocycles. The zero-order valence-electron chi connectivity index (χ0n) is 15.1. The predicted molar refractivity (Wildman–Crippen MR) is 102 cm³/mol. The highest BCUT2D eigenvalue weighted by Crippen LogP contribution is 2.31. The van der Waals surface area contributed by atoms with Gasteiger partial charge in [0, 0.05) is 73.1 Å². The van der Waals surface area contributed by atoms with Gasteiger partial charge in [0.05, 0.1) is 0 Å². The summed E-state index contributed by atoms with van der Waals surface area (Å²) in [6.45, 7) is 0. The molecule has 3 heterocycles. The van der Waals surface area contributed by atoms with Gasteiger partial charge in [0.25, 0.3) is 0 Å². The summed E-state index contributed by atoms with van der Waals surface area (Å²) in [6, 6.07) is 5.79. The molecule has 3 aromatic heterocycles. The van der Waals surface area contributed by atoms with Gasteiger partial charge in [-0.15, -0.1) is 0 Å². The number of hydrogen-bond donors (Lipinski definition) is 1. The standard InChI is InChI=1S/C21H19N3O3/c1-26-21(27-2)7-3-5-14(10-21)19(25)18-13-24-20-17(18)9-16(12-23-20)15-6-4-8-22-11-15/h3-9,11-13H,10H2,1-2H3,(H,23,24). The number of aromatic nitrogens is 3. The fourth-order valence-electron chi connectivity index (χ4n) is 3.27. The molecule has 0 atom stereocenters. The van der Waals surface area contributed by atoms with Crippen LogP contribution >= 0.6 is 0 Å². The molecule has 6 nitrogen and oxygen atoms in total. The highest BCUT2D eigenvalue weighted by molar-refractivity contribution is 6.16. The Balaban J connectivity index is 1.73. The smallest absolute Gasteiger partial charge is 0.191 e. The molecule has 0 fully saturated rings. The van der Waals surface area contributed by atoms with E-state index in [9.17, 15) is 4.79 Å². The Morgan fingerprint density at radius 2 is 2.07 bits per heavy atom. The first-order valence-electron chi connectivity index (χ1n) is 8.57. The maximum atomic E-state index is 13.2. The van der Waals surface area contributed by atoms with Crippen LogP contribution in [0.25, 0.3) is 22.2 Å². The van der Waals surface area contributed by atoms with Crippen molar-refractivity contribution in [3.05, 3.63) is 72.4 Å². The predicted octanol–water partition coefficient (Wildman–Crippen LogP) is 3.68. The van der Waals surface area contributed by atoms with Crippen LogP contribution in [0.2, 0.25) is 0 Å². The fraction of sp³-hybridized carbons (Fsp3) is 0.190. The molecule has 0 bridgehead atoms. The number of nitrogens with one attached hydrogen (secondary N) is 1. The number of aromatic amines is 1. The zero-order valence-corrected chi connectivity index (χ0v) is 15.1. The summed E-state index contributed by atoms with van der Waals surface area (Å²) < 4.78 is 10.9. The van der Waals surface area contributed by atoms with E-state index in [0.717, 1.165) is 16.5 Å². The number of nitrogens with zero attached hydrogens (tertiary/aromatic N) is 2. The molecule has 27 heavy (non-hydrogen) atoms. The van der Waals surface area contributed by atoms with E-state index in [4.69, 9.17) is 9.47 Å². The number of carbonyl (C=O) groups excluding carboxylic acids is 1. The van der Waals surface area contributed by atoms with Gasteiger partial charge in [-0.3, -0.25) is 9.78 Å². The fourth-order valence-corrected chi connectivity index (χ4v) is 3.27. The average molecular weight is 361 g/mol. The first-order valence-corrected chi connectivity index (χ1v) is 8.57. The van der Waals surface area contributed by atoms with Gasteiger partial charge >= 0.3 is 0 Å². The SMILES string of the molecule is COC1(OC)C=CC=C(C(=O)c2c[nH]c3ncc(-c4cccnc4)cc23)C1. The number of pyridine rings is 2. The van der Waals surface area contributed by atoms with Gasteiger partial charge in [-0.25, -0.2) is 4.98 Å². The Kier molecular flexibility index (Phi) is 4.43. The van der Waals surface area contributed by atoms with Crippen LogP contribution in [-0.4, -0.2) is 40.7 Å². The molecule has 4 rings (SSSR count). The second kappa shape index (κ2) is 6.90. The minimum absolute atomic E-state index is 0.0748. The Bertz CT molecular complexity index is 1050. The molecule has 0 aromatic carbocycles. The van der Waals surface area contributed by atoms with Crippen molar-refractivity contribution in [3.63, 3.8) is 0 Å². The van der Waals surface area contributed by atoms with E-state index in [2.05, 4.69) is 15.0 Å². The molecule has 0 unspecified atom stereocenters. The average Bonchev–Trinajstić information content (AvgIpc) is 3.17. The summed E-state index contributed by atoms with van der Waals surface area (Å²) in [5.74, 6) is -0.987. The quantitative estimate of drug-likeness (QED) is 0.554. The van der Waals surface area contributed by atoms with Crippen LogP contribution in [0, 0.1) is 0 Å². The zero-order chi connectivity index (χ0) is 18.9. The topological polar surface area (TPSA) is 77.1 Å². The van der Waals surface area contributed by atoms with E-state index >= 15 is 0 Å². The van der Waals surface area contributed by atoms with Crippen LogP contribution in [0.1, 0.15) is 16.8 Å². The Hall–Kier alpha value is -3.09. The van der Waals surface area contributed by atoms with Crippen LogP contribution in [-0.2, 0) is 9.47 Å². The van der Waals surface area contributed by atoms with Crippen LogP contribution in [0.15, 0.2) is 66.8 Å². The molecule has 3 aromatic rings. The lowest BCUT2D eigenvalue weighted by molar-refractivity contribution is -0.168. The minimum Gasteiger partial charge on any atom is -0.349 e. The summed E-state index contributed by atoms with van der Waals surface area (Å²) in [5.41, 5.74) is 3.72. The van der Waals surface area contributed by atoms with Crippen molar-refractivity contribution in [2.24, 2.45) is 0 Å². The van der Waals surface area contributed by atoms with Crippen molar-refractivity contribution in [1.82, 2.24) is 15.0 Å². The number of ether oxygens (including phenoxy) is 2. The van der Waals surface area contributed by atoms with Gasteiger partial charge in [0.2, 0.25) is 0 Å². The highest BCUT2D eigenvalue weighted by atomic mass is 16.7. The van der Waals surface area contributed by atoms with Gasteiger partial charge in [-0.1, -0.05) is 18.2 Å². The summed E-state index contributed by atoms with van der Waals surface area (Å²) in [7, 11) is 3.13. The van der Waals surface area contributed by atoms with Gasteiger partial charge in [0.15, 0.2) is 11.6 Å². The van der Waals surface area contributed by atoms with Crippen LogP contribution < -0.4 is 0 Å². The molecule has 0 saturated heterocycles. The molecule has 1 N–H and O–H groups in total. The van der Waals surface area contributed by atoms with Crippen LogP contribution in [0.4, 0.5) is 0 Å². The monoisotopic (exact) mass is 361 g/mol. The molecule has 0 radical (unpaired) electrons. The normalized spacial score (nSPS) is 15.7. The number of ketones is 1. The Morgan fingerprint density at radius 1 is 1.22 bits per heavy atom. The first-order chi connectivity index (χ1) is 13.2. The van der Waals surface area contributed by atoms with Crippen molar-refractivity contribution in [2.45, 2.75) is 12.2 Å². The lowest BCUT2D eigenvalue weighted by Crippen LogP contribution is -2.34. The van der Waals surface area contributed by atoms with Gasteiger partial charge in [-0.2, -0.15) is 0 Å². The summed E-state index contributed by atoms with van der Waals surface area (Å²) in [4.78, 5) is 24.8. The van der Waals surface area contributed by atoms with Crippen LogP contribution in [0.3, 0.4) is 0 Å². The molecule has 136 valence electrons. The Labute approximate surface area is 156 Å². The number of Topliss-reactive ketones (excluding diaryl/α,β-unsaturated/α-hetero) is 1. The van der Waals surface area contributed by atoms with E-state index in [1.54, 1.807) is 57.2 Å². The third-order valence-electron chi connectivity index (χ3n) is 4.84. The third kappa shape index (κ3) is 3.09. The number of methoxy groups -OCH3 is 2. The summed E-state index contributed by atoms with van der Waals surface area (Å²) in [6.07, 6.45) is 12.7. The van der Waals surface area contributed by atoms with Gasteiger partial charge < -0.3 is 14.5 Å². The van der Waals surface area contributed by atoms with Gasteiger partial charge in [0.1, 0.15) is 5.65 Å². The lowest BCUT2D eigenvalue weighted by Gasteiger charge is -2.30. The minimum atomic E-state index is -0.912. The molecule has 1 aliphatic rings. The molecular weight excluding hydrogens is 342 g/mol. The third-order valence-corrected chi connectivity index (χ3v) is 4.84. The van der Waals surface area contributed by atoms with E-state index in [-0.39, 0.29) is 5.78 Å². The van der Waals surface area contributed by atoms with E-state index < -0.39 is 5.79 Å². The van der Waals surface area contributed by atoms with Crippen molar-refractivity contribution in [1.29, 1.82) is 0 Å². The summed E-state index contributed by atoms with van der Waals surface area (Å²) in [5, 5.41) is 0.775. The van der Waals surface area contributed by atoms with Gasteiger partial charge in [-0.05, 0) is 18.2 Å². The first kappa shape index (κ1) is 17.3. The molecule has 0 spiro atoms. The van der Waals surface area contributed by atoms with E-state index in [1.165, 1.54) is 0 Å². The number of allylic oxidation sites excluding steroid dienone is 2. The van der Waals surface area contributed by atoms with E-state index in [0.29, 0.717) is 23.2 Å². The maximum absolute atomic E-state index is 13.2. The molecule has 0 aliphatic heterocycles. The number of rotatable bonds is 5. The number of hydrogen-bond acceptors (Lipinski definition) is 5. The number of H-pyrrole nitrogens is 1. The van der Waals surface area contributed by atoms with Crippen molar-refractivity contribution < 1.29 is 14.3 Å². The second-order valence-electron chi connectivity index (χ2n) is 6.34.